The summed E-state index contributed by atoms with van der Waals surface area (Å²) in [6.45, 7) is 0. The van der Waals surface area contributed by atoms with E-state index in [1.54, 1.807) is 12.1 Å². The molecule has 3 nitrogen and oxygen atoms in total. The van der Waals surface area contributed by atoms with Gasteiger partial charge < -0.3 is 5.32 Å². The highest BCUT2D eigenvalue weighted by atomic mass is 19.1. The number of hydrogen-bond donors (Lipinski definition) is 1. The molecule has 1 heterocycles. The number of halogens is 1. The number of rotatable bonds is 4. The second kappa shape index (κ2) is 9.41. The van der Waals surface area contributed by atoms with E-state index in [2.05, 4.69) is 65.3 Å². The molecule has 0 radical (unpaired) electrons. The SMILES string of the molecule is N#Cc1ccc(CC2C=CC=C(c3ccc4c(c3)C(c3ccc5c(c3)CC(=O)N5)C=C=C=C4)C2)c(F)c1. The zero-order valence-corrected chi connectivity index (χ0v) is 20.1. The average Bonchev–Trinajstić information content (AvgIpc) is 3.16. The Balaban J connectivity index is 1.28. The summed E-state index contributed by atoms with van der Waals surface area (Å²) in [5.41, 5.74) is 14.9. The standard InChI is InChI=1S/C33H23FN2O/c34-31-16-22(20-35)8-9-27(31)15-21-4-3-6-24(14-21)25-11-10-23-5-1-2-7-29(30(23)18-25)26-12-13-32-28(17-26)19-33(37)36-32/h3-13,16-18,21,29H,14-15,19H2,(H,36,37). The molecule has 3 aromatic rings. The molecule has 4 heteroatoms. The molecule has 0 saturated carbocycles. The lowest BCUT2D eigenvalue weighted by Crippen LogP contribution is -2.08. The number of nitrogens with one attached hydrogen (secondary N) is 1. The maximum absolute atomic E-state index is 14.5. The van der Waals surface area contributed by atoms with Crippen LogP contribution in [0.1, 0.15) is 51.3 Å². The minimum absolute atomic E-state index is 0.00882. The summed E-state index contributed by atoms with van der Waals surface area (Å²) in [4.78, 5) is 11.9. The predicted molar refractivity (Wildman–Crippen MR) is 143 cm³/mol. The Bertz CT molecular complexity index is 1660. The largest absolute Gasteiger partial charge is 0.326 e. The Kier molecular flexibility index (Phi) is 5.79. The number of carbonyl (C=O) groups excluding carboxylic acids is 1. The van der Waals surface area contributed by atoms with Crippen LogP contribution in [0.25, 0.3) is 11.6 Å². The van der Waals surface area contributed by atoms with Crippen LogP contribution in [0, 0.1) is 23.1 Å². The van der Waals surface area contributed by atoms with E-state index in [0.717, 1.165) is 39.9 Å². The molecule has 178 valence electrons. The highest BCUT2D eigenvalue weighted by molar-refractivity contribution is 5.99. The molecule has 6 rings (SSSR count). The van der Waals surface area contributed by atoms with Crippen LogP contribution in [0.2, 0.25) is 0 Å². The summed E-state index contributed by atoms with van der Waals surface area (Å²) < 4.78 is 14.5. The van der Waals surface area contributed by atoms with Crippen molar-refractivity contribution in [2.75, 3.05) is 5.32 Å². The molecule has 0 fully saturated rings. The van der Waals surface area contributed by atoms with Gasteiger partial charge in [0.15, 0.2) is 0 Å². The quantitative estimate of drug-likeness (QED) is 0.413. The number of carbonyl (C=O) groups is 1. The number of nitrogens with zero attached hydrogens (tertiary/aromatic N) is 1. The monoisotopic (exact) mass is 482 g/mol. The highest BCUT2D eigenvalue weighted by Gasteiger charge is 2.23. The van der Waals surface area contributed by atoms with Gasteiger partial charge in [0.2, 0.25) is 5.91 Å². The van der Waals surface area contributed by atoms with Crippen LogP contribution in [-0.4, -0.2) is 5.91 Å². The first-order valence-electron chi connectivity index (χ1n) is 12.4. The second-order valence-corrected chi connectivity index (χ2v) is 9.73. The van der Waals surface area contributed by atoms with Gasteiger partial charge in [0, 0.05) is 11.6 Å². The van der Waals surface area contributed by atoms with Gasteiger partial charge in [-0.25, -0.2) is 4.39 Å². The molecule has 1 N–H and O–H groups in total. The van der Waals surface area contributed by atoms with Gasteiger partial charge in [-0.2, -0.15) is 5.26 Å². The highest BCUT2D eigenvalue weighted by Crippen LogP contribution is 2.37. The van der Waals surface area contributed by atoms with E-state index >= 15 is 0 Å². The van der Waals surface area contributed by atoms with Crippen molar-refractivity contribution < 1.29 is 9.18 Å². The summed E-state index contributed by atoms with van der Waals surface area (Å²) in [6.07, 6.45) is 12.1. The smallest absolute Gasteiger partial charge is 0.228 e. The fraction of sp³-hybridized carbons (Fsp3) is 0.152. The number of anilines is 1. The zero-order valence-electron chi connectivity index (χ0n) is 20.1. The summed E-state index contributed by atoms with van der Waals surface area (Å²) in [6, 6.07) is 19.4. The lowest BCUT2D eigenvalue weighted by Gasteiger charge is -2.22. The lowest BCUT2D eigenvalue weighted by molar-refractivity contribution is -0.115. The first-order valence-corrected chi connectivity index (χ1v) is 12.4. The maximum Gasteiger partial charge on any atom is 0.228 e. The van der Waals surface area contributed by atoms with Crippen LogP contribution < -0.4 is 5.32 Å². The van der Waals surface area contributed by atoms with Gasteiger partial charge in [-0.3, -0.25) is 4.79 Å². The molecule has 2 aliphatic carbocycles. The van der Waals surface area contributed by atoms with E-state index in [-0.39, 0.29) is 23.6 Å². The van der Waals surface area contributed by atoms with E-state index in [0.29, 0.717) is 24.0 Å². The van der Waals surface area contributed by atoms with Gasteiger partial charge in [-0.1, -0.05) is 60.0 Å². The Morgan fingerprint density at radius 1 is 1.08 bits per heavy atom. The topological polar surface area (TPSA) is 52.9 Å². The minimum Gasteiger partial charge on any atom is -0.326 e. The third-order valence-corrected chi connectivity index (χ3v) is 7.29. The molecule has 0 spiro atoms. The Morgan fingerprint density at radius 3 is 2.86 bits per heavy atom. The molecule has 37 heavy (non-hydrogen) atoms. The second-order valence-electron chi connectivity index (χ2n) is 9.73. The summed E-state index contributed by atoms with van der Waals surface area (Å²) >= 11 is 0. The normalized spacial score (nSPS) is 19.0. The van der Waals surface area contributed by atoms with Gasteiger partial charge in [-0.15, -0.1) is 0 Å². The van der Waals surface area contributed by atoms with Crippen LogP contribution in [0.5, 0.6) is 0 Å². The van der Waals surface area contributed by atoms with Crippen molar-refractivity contribution in [2.45, 2.75) is 25.2 Å². The molecule has 1 aliphatic heterocycles. The van der Waals surface area contributed by atoms with E-state index in [1.807, 2.05) is 24.3 Å². The van der Waals surface area contributed by atoms with Crippen LogP contribution in [-0.2, 0) is 17.6 Å². The van der Waals surface area contributed by atoms with Gasteiger partial charge in [0.25, 0.3) is 0 Å². The minimum atomic E-state index is -0.325. The van der Waals surface area contributed by atoms with E-state index in [4.69, 9.17) is 5.26 Å². The Hall–Kier alpha value is -4.67. The summed E-state index contributed by atoms with van der Waals surface area (Å²) in [7, 11) is 0. The molecule has 1 amide bonds. The van der Waals surface area contributed by atoms with Gasteiger partial charge in [0.05, 0.1) is 18.1 Å². The van der Waals surface area contributed by atoms with Gasteiger partial charge in [-0.05, 0) is 94.1 Å². The first-order chi connectivity index (χ1) is 18.1. The molecule has 2 unspecified atom stereocenters. The number of nitriles is 1. The van der Waals surface area contributed by atoms with Crippen LogP contribution >= 0.6 is 0 Å². The fourth-order valence-corrected chi connectivity index (χ4v) is 5.40. The van der Waals surface area contributed by atoms with Gasteiger partial charge in [0.1, 0.15) is 5.82 Å². The zero-order chi connectivity index (χ0) is 25.4. The summed E-state index contributed by atoms with van der Waals surface area (Å²) in [5.74, 6) is -0.139. The van der Waals surface area contributed by atoms with Crippen molar-refractivity contribution >= 4 is 23.2 Å². The molecule has 2 atom stereocenters. The van der Waals surface area contributed by atoms with Crippen molar-refractivity contribution in [3.63, 3.8) is 0 Å². The van der Waals surface area contributed by atoms with Crippen LogP contribution in [0.3, 0.4) is 0 Å². The van der Waals surface area contributed by atoms with E-state index in [9.17, 15) is 9.18 Å². The molecule has 0 saturated heterocycles. The molecule has 3 aromatic carbocycles. The van der Waals surface area contributed by atoms with Crippen LogP contribution in [0.15, 0.2) is 90.4 Å². The average molecular weight is 483 g/mol. The van der Waals surface area contributed by atoms with Crippen molar-refractivity contribution in [2.24, 2.45) is 5.92 Å². The van der Waals surface area contributed by atoms with Gasteiger partial charge >= 0.3 is 0 Å². The van der Waals surface area contributed by atoms with Crippen molar-refractivity contribution in [1.82, 2.24) is 0 Å². The number of benzene rings is 3. The lowest BCUT2D eigenvalue weighted by atomic mass is 9.82. The number of fused-ring (bicyclic) bond motifs is 2. The van der Waals surface area contributed by atoms with Crippen molar-refractivity contribution in [1.29, 1.82) is 5.26 Å². The van der Waals surface area contributed by atoms with Crippen LogP contribution in [0.4, 0.5) is 10.1 Å². The molecule has 3 aliphatic rings. The Labute approximate surface area is 215 Å². The molecule has 0 bridgehead atoms. The third kappa shape index (κ3) is 4.51. The number of allylic oxidation sites excluding steroid dienone is 5. The predicted octanol–water partition coefficient (Wildman–Crippen LogP) is 6.86. The van der Waals surface area contributed by atoms with E-state index in [1.165, 1.54) is 11.6 Å². The van der Waals surface area contributed by atoms with Crippen molar-refractivity contribution in [3.05, 3.63) is 135 Å². The number of amides is 1. The van der Waals surface area contributed by atoms with E-state index < -0.39 is 0 Å². The molecular formula is C33H23FN2O. The number of hydrogen-bond acceptors (Lipinski definition) is 2. The fourth-order valence-electron chi connectivity index (χ4n) is 5.40. The molecule has 0 aromatic heterocycles. The maximum atomic E-state index is 14.5. The van der Waals surface area contributed by atoms with Crippen molar-refractivity contribution in [3.8, 4) is 6.07 Å². The molecular weight excluding hydrogens is 459 g/mol. The third-order valence-electron chi connectivity index (χ3n) is 7.29. The first kappa shape index (κ1) is 22.8. The summed E-state index contributed by atoms with van der Waals surface area (Å²) in [5, 5.41) is 11.9. The Morgan fingerprint density at radius 2 is 2.00 bits per heavy atom.